The fourth-order valence-corrected chi connectivity index (χ4v) is 2.81. The molecular formula is C16H21N3O. The molecule has 2 heterocycles. The molecule has 1 aromatic heterocycles. The van der Waals surface area contributed by atoms with Crippen LogP contribution >= 0.6 is 0 Å². The molecule has 4 nitrogen and oxygen atoms in total. The van der Waals surface area contributed by atoms with Crippen LogP contribution in [0.4, 0.5) is 0 Å². The van der Waals surface area contributed by atoms with Crippen molar-refractivity contribution in [3.05, 3.63) is 29.6 Å². The molecule has 0 saturated carbocycles. The molecule has 1 amide bonds. The van der Waals surface area contributed by atoms with Crippen LogP contribution in [0.25, 0.3) is 0 Å². The van der Waals surface area contributed by atoms with E-state index in [9.17, 15) is 4.79 Å². The predicted octanol–water partition coefficient (Wildman–Crippen LogP) is 2.88. The van der Waals surface area contributed by atoms with Gasteiger partial charge in [-0.3, -0.25) is 4.79 Å². The number of hydrogen-bond acceptors (Lipinski definition) is 3. The summed E-state index contributed by atoms with van der Waals surface area (Å²) in [5, 5.41) is 8.87. The van der Waals surface area contributed by atoms with E-state index in [2.05, 4.69) is 11.9 Å². The van der Waals surface area contributed by atoms with E-state index in [1.165, 1.54) is 12.8 Å². The molecule has 0 spiro atoms. The smallest absolute Gasteiger partial charge is 0.222 e. The number of nitriles is 1. The molecule has 1 saturated heterocycles. The minimum atomic E-state index is 0.235. The lowest BCUT2D eigenvalue weighted by Crippen LogP contribution is -2.29. The van der Waals surface area contributed by atoms with E-state index >= 15 is 0 Å². The van der Waals surface area contributed by atoms with E-state index < -0.39 is 0 Å². The average Bonchev–Trinajstić information content (AvgIpc) is 2.64. The lowest BCUT2D eigenvalue weighted by Gasteiger charge is -2.21. The number of hydrogen-bond donors (Lipinski definition) is 0. The van der Waals surface area contributed by atoms with E-state index in [1.54, 1.807) is 12.3 Å². The van der Waals surface area contributed by atoms with Crippen molar-refractivity contribution in [3.8, 4) is 6.07 Å². The van der Waals surface area contributed by atoms with Crippen LogP contribution < -0.4 is 0 Å². The summed E-state index contributed by atoms with van der Waals surface area (Å²) in [7, 11) is 0. The number of rotatable bonds is 4. The summed E-state index contributed by atoms with van der Waals surface area (Å²) in [6, 6.07) is 5.68. The molecule has 0 N–H and O–H groups in total. The van der Waals surface area contributed by atoms with Crippen molar-refractivity contribution in [2.24, 2.45) is 5.92 Å². The molecule has 0 bridgehead atoms. The first-order chi connectivity index (χ1) is 9.72. The van der Waals surface area contributed by atoms with Crippen LogP contribution in [0.5, 0.6) is 0 Å². The van der Waals surface area contributed by atoms with Gasteiger partial charge in [0.25, 0.3) is 0 Å². The molecule has 1 atom stereocenters. The van der Waals surface area contributed by atoms with Crippen LogP contribution in [-0.4, -0.2) is 22.3 Å². The average molecular weight is 271 g/mol. The quantitative estimate of drug-likeness (QED) is 0.846. The van der Waals surface area contributed by atoms with Gasteiger partial charge < -0.3 is 4.90 Å². The van der Waals surface area contributed by atoms with Gasteiger partial charge in [0.2, 0.25) is 5.91 Å². The van der Waals surface area contributed by atoms with Crippen molar-refractivity contribution in [1.82, 2.24) is 9.88 Å². The lowest BCUT2D eigenvalue weighted by molar-refractivity contribution is -0.131. The molecule has 1 aromatic rings. The minimum absolute atomic E-state index is 0.235. The first kappa shape index (κ1) is 14.5. The Morgan fingerprint density at radius 2 is 2.35 bits per heavy atom. The zero-order valence-corrected chi connectivity index (χ0v) is 12.0. The van der Waals surface area contributed by atoms with Gasteiger partial charge in [-0.05, 0) is 36.5 Å². The van der Waals surface area contributed by atoms with Crippen LogP contribution in [0.1, 0.15) is 50.3 Å². The minimum Gasteiger partial charge on any atom is -0.338 e. The third kappa shape index (κ3) is 3.80. The Kier molecular flexibility index (Phi) is 5.11. The summed E-state index contributed by atoms with van der Waals surface area (Å²) in [6.45, 7) is 3.62. The monoisotopic (exact) mass is 271 g/mol. The number of amides is 1. The second-order valence-electron chi connectivity index (χ2n) is 5.46. The van der Waals surface area contributed by atoms with Gasteiger partial charge in [-0.1, -0.05) is 19.8 Å². The molecular weight excluding hydrogens is 250 g/mol. The molecule has 106 valence electrons. The van der Waals surface area contributed by atoms with E-state index in [0.717, 1.165) is 24.9 Å². The van der Waals surface area contributed by atoms with E-state index in [1.807, 2.05) is 17.0 Å². The van der Waals surface area contributed by atoms with E-state index in [0.29, 0.717) is 24.6 Å². The van der Waals surface area contributed by atoms with Crippen LogP contribution in [0.15, 0.2) is 18.3 Å². The highest BCUT2D eigenvalue weighted by Crippen LogP contribution is 2.23. The number of likely N-dealkylation sites (tertiary alicyclic amines) is 1. The van der Waals surface area contributed by atoms with E-state index in [4.69, 9.17) is 5.26 Å². The maximum absolute atomic E-state index is 12.2. The Balaban J connectivity index is 2.01. The third-order valence-electron chi connectivity index (χ3n) is 3.94. The number of carbonyl (C=O) groups excluding carboxylic acids is 1. The van der Waals surface area contributed by atoms with Crippen molar-refractivity contribution in [1.29, 1.82) is 5.26 Å². The number of nitrogens with zero attached hydrogens (tertiary/aromatic N) is 3. The lowest BCUT2D eigenvalue weighted by atomic mass is 9.96. The molecule has 2 rings (SSSR count). The predicted molar refractivity (Wildman–Crippen MR) is 76.6 cm³/mol. The zero-order chi connectivity index (χ0) is 14.4. The topological polar surface area (TPSA) is 57.0 Å². The normalized spacial score (nSPS) is 19.5. The zero-order valence-electron chi connectivity index (χ0n) is 12.0. The van der Waals surface area contributed by atoms with Gasteiger partial charge in [0.1, 0.15) is 11.8 Å². The van der Waals surface area contributed by atoms with Gasteiger partial charge >= 0.3 is 0 Å². The molecule has 1 aliphatic heterocycles. The molecule has 4 heteroatoms. The van der Waals surface area contributed by atoms with Crippen LogP contribution in [-0.2, 0) is 11.3 Å². The Labute approximate surface area is 120 Å². The summed E-state index contributed by atoms with van der Waals surface area (Å²) >= 11 is 0. The first-order valence-corrected chi connectivity index (χ1v) is 7.35. The van der Waals surface area contributed by atoms with Crippen LogP contribution in [0.3, 0.4) is 0 Å². The van der Waals surface area contributed by atoms with Crippen molar-refractivity contribution < 1.29 is 4.79 Å². The molecule has 1 aliphatic rings. The fourth-order valence-electron chi connectivity index (χ4n) is 2.81. The van der Waals surface area contributed by atoms with Gasteiger partial charge in [-0.2, -0.15) is 5.26 Å². The van der Waals surface area contributed by atoms with Crippen molar-refractivity contribution in [2.45, 2.75) is 45.6 Å². The summed E-state index contributed by atoms with van der Waals surface area (Å²) in [5.74, 6) is 0.917. The summed E-state index contributed by atoms with van der Waals surface area (Å²) in [4.78, 5) is 18.1. The molecule has 0 radical (unpaired) electrons. The highest BCUT2D eigenvalue weighted by molar-refractivity contribution is 5.76. The Hall–Kier alpha value is -1.89. The maximum atomic E-state index is 12.2. The summed E-state index contributed by atoms with van der Waals surface area (Å²) in [6.07, 6.45) is 6.80. The highest BCUT2D eigenvalue weighted by Gasteiger charge is 2.22. The van der Waals surface area contributed by atoms with Gasteiger partial charge in [0, 0.05) is 25.7 Å². The summed E-state index contributed by atoms with van der Waals surface area (Å²) in [5.41, 5.74) is 1.40. The molecule has 0 aromatic carbocycles. The van der Waals surface area contributed by atoms with E-state index in [-0.39, 0.29) is 5.91 Å². The van der Waals surface area contributed by atoms with Gasteiger partial charge in [0.05, 0.1) is 0 Å². The largest absolute Gasteiger partial charge is 0.338 e. The highest BCUT2D eigenvalue weighted by atomic mass is 16.2. The third-order valence-corrected chi connectivity index (χ3v) is 3.94. The molecule has 0 aliphatic carbocycles. The van der Waals surface area contributed by atoms with Gasteiger partial charge in [-0.15, -0.1) is 0 Å². The number of pyridine rings is 1. The SMILES string of the molecule is CCCC1CCC(=O)N(Cc2ccnc(C#N)c2)CC1. The fraction of sp³-hybridized carbons (Fsp3) is 0.562. The Bertz CT molecular complexity index is 507. The number of aromatic nitrogens is 1. The Morgan fingerprint density at radius 1 is 1.50 bits per heavy atom. The van der Waals surface area contributed by atoms with Crippen molar-refractivity contribution >= 4 is 5.91 Å². The maximum Gasteiger partial charge on any atom is 0.222 e. The molecule has 20 heavy (non-hydrogen) atoms. The first-order valence-electron chi connectivity index (χ1n) is 7.35. The van der Waals surface area contributed by atoms with Crippen molar-refractivity contribution in [2.75, 3.05) is 6.54 Å². The second-order valence-corrected chi connectivity index (χ2v) is 5.46. The second kappa shape index (κ2) is 7.04. The van der Waals surface area contributed by atoms with Crippen LogP contribution in [0.2, 0.25) is 0 Å². The molecule has 1 fully saturated rings. The van der Waals surface area contributed by atoms with Gasteiger partial charge in [0.15, 0.2) is 0 Å². The van der Waals surface area contributed by atoms with Crippen molar-refractivity contribution in [3.63, 3.8) is 0 Å². The number of carbonyl (C=O) groups is 1. The molecule has 1 unspecified atom stereocenters. The summed E-state index contributed by atoms with van der Waals surface area (Å²) < 4.78 is 0. The van der Waals surface area contributed by atoms with Crippen LogP contribution in [0, 0.1) is 17.2 Å². The Morgan fingerprint density at radius 3 is 3.10 bits per heavy atom. The van der Waals surface area contributed by atoms with Gasteiger partial charge in [-0.25, -0.2) is 4.98 Å². The standard InChI is InChI=1S/C16H21N3O/c1-2-3-13-4-5-16(20)19(9-7-13)12-14-6-8-18-15(10-14)11-17/h6,8,10,13H,2-5,7,9,12H2,1H3.